The van der Waals surface area contributed by atoms with E-state index in [1.807, 2.05) is 13.8 Å². The molecule has 16 heavy (non-hydrogen) atoms. The Labute approximate surface area is 95.5 Å². The van der Waals surface area contributed by atoms with Gasteiger partial charge < -0.3 is 10.4 Å². The highest BCUT2D eigenvalue weighted by molar-refractivity contribution is 5.92. The van der Waals surface area contributed by atoms with E-state index in [0.717, 1.165) is 0 Å². The summed E-state index contributed by atoms with van der Waals surface area (Å²) in [6.07, 6.45) is 2.81. The Hall–Kier alpha value is -1.36. The second-order valence-corrected chi connectivity index (χ2v) is 3.95. The van der Waals surface area contributed by atoms with Gasteiger partial charge in [-0.2, -0.15) is 5.10 Å². The van der Waals surface area contributed by atoms with Crippen molar-refractivity contribution in [2.75, 3.05) is 6.54 Å². The van der Waals surface area contributed by atoms with Gasteiger partial charge in [0, 0.05) is 19.8 Å². The van der Waals surface area contributed by atoms with Crippen molar-refractivity contribution < 1.29 is 9.90 Å². The molecule has 0 spiro atoms. The number of aryl methyl sites for hydroxylation is 1. The minimum absolute atomic E-state index is 0.208. The maximum atomic E-state index is 11.7. The Kier molecular flexibility index (Phi) is 4.06. The van der Waals surface area contributed by atoms with E-state index in [9.17, 15) is 9.90 Å². The molecule has 0 fully saturated rings. The Morgan fingerprint density at radius 3 is 2.62 bits per heavy atom. The summed E-state index contributed by atoms with van der Waals surface area (Å²) < 4.78 is 1.51. The number of hydrogen-bond donors (Lipinski definition) is 2. The Bertz CT molecular complexity index is 356. The third-order valence-electron chi connectivity index (χ3n) is 2.95. The molecule has 90 valence electrons. The zero-order valence-electron chi connectivity index (χ0n) is 10.0. The van der Waals surface area contributed by atoms with Gasteiger partial charge in [0.1, 0.15) is 5.69 Å². The van der Waals surface area contributed by atoms with E-state index in [1.165, 1.54) is 4.68 Å². The molecular weight excluding hydrogens is 206 g/mol. The maximum absolute atomic E-state index is 11.7. The smallest absolute Gasteiger partial charge is 0.269 e. The highest BCUT2D eigenvalue weighted by Gasteiger charge is 2.23. The number of hydrogen-bond acceptors (Lipinski definition) is 3. The van der Waals surface area contributed by atoms with Gasteiger partial charge in [-0.15, -0.1) is 0 Å². The van der Waals surface area contributed by atoms with Gasteiger partial charge in [-0.1, -0.05) is 13.8 Å². The molecule has 1 aromatic heterocycles. The van der Waals surface area contributed by atoms with Gasteiger partial charge in [0.05, 0.1) is 5.60 Å². The quantitative estimate of drug-likeness (QED) is 0.775. The lowest BCUT2D eigenvalue weighted by atomic mass is 9.97. The molecular formula is C11H19N3O2. The zero-order valence-corrected chi connectivity index (χ0v) is 10.0. The molecule has 1 amide bonds. The van der Waals surface area contributed by atoms with Crippen LogP contribution in [0, 0.1) is 0 Å². The predicted molar refractivity (Wildman–Crippen MR) is 61.1 cm³/mol. The van der Waals surface area contributed by atoms with Gasteiger partial charge >= 0.3 is 0 Å². The number of nitrogens with zero attached hydrogens (tertiary/aromatic N) is 2. The van der Waals surface area contributed by atoms with Crippen molar-refractivity contribution in [3.8, 4) is 0 Å². The fourth-order valence-corrected chi connectivity index (χ4v) is 1.43. The summed E-state index contributed by atoms with van der Waals surface area (Å²) in [6.45, 7) is 4.07. The first-order valence-corrected chi connectivity index (χ1v) is 5.51. The van der Waals surface area contributed by atoms with Crippen molar-refractivity contribution in [3.05, 3.63) is 18.0 Å². The topological polar surface area (TPSA) is 67.2 Å². The van der Waals surface area contributed by atoms with Crippen LogP contribution < -0.4 is 5.32 Å². The third-order valence-corrected chi connectivity index (χ3v) is 2.95. The lowest BCUT2D eigenvalue weighted by Crippen LogP contribution is -2.42. The van der Waals surface area contributed by atoms with Crippen LogP contribution in [0.4, 0.5) is 0 Å². The van der Waals surface area contributed by atoms with Crippen LogP contribution in [0.3, 0.4) is 0 Å². The minimum atomic E-state index is -0.811. The summed E-state index contributed by atoms with van der Waals surface area (Å²) >= 11 is 0. The standard InChI is InChI=1S/C11H19N3O2/c1-4-11(16,5-2)8-12-10(15)9-6-7-13-14(9)3/h6-7,16H,4-5,8H2,1-3H3,(H,12,15). The van der Waals surface area contributed by atoms with Crippen molar-refractivity contribution in [3.63, 3.8) is 0 Å². The fourth-order valence-electron chi connectivity index (χ4n) is 1.43. The van der Waals surface area contributed by atoms with Crippen LogP contribution in [0.15, 0.2) is 12.3 Å². The van der Waals surface area contributed by atoms with E-state index < -0.39 is 5.60 Å². The van der Waals surface area contributed by atoms with Crippen LogP contribution in [-0.4, -0.2) is 32.9 Å². The number of rotatable bonds is 5. The van der Waals surface area contributed by atoms with Crippen LogP contribution in [-0.2, 0) is 7.05 Å². The number of carbonyl (C=O) groups is 1. The van der Waals surface area contributed by atoms with Crippen LogP contribution in [0.5, 0.6) is 0 Å². The van der Waals surface area contributed by atoms with Crippen molar-refractivity contribution >= 4 is 5.91 Å². The SMILES string of the molecule is CCC(O)(CC)CNC(=O)c1ccnn1C. The number of nitrogens with one attached hydrogen (secondary N) is 1. The molecule has 5 nitrogen and oxygen atoms in total. The summed E-state index contributed by atoms with van der Waals surface area (Å²) in [7, 11) is 1.71. The predicted octanol–water partition coefficient (Wildman–Crippen LogP) is 0.701. The molecule has 5 heteroatoms. The summed E-state index contributed by atoms with van der Waals surface area (Å²) in [5, 5.41) is 16.6. The van der Waals surface area contributed by atoms with Crippen LogP contribution in [0.2, 0.25) is 0 Å². The average Bonchev–Trinajstić information content (AvgIpc) is 2.72. The number of carbonyl (C=O) groups excluding carboxylic acids is 1. The van der Waals surface area contributed by atoms with E-state index in [2.05, 4.69) is 10.4 Å². The van der Waals surface area contributed by atoms with Crippen molar-refractivity contribution in [1.82, 2.24) is 15.1 Å². The molecule has 0 bridgehead atoms. The highest BCUT2D eigenvalue weighted by Crippen LogP contribution is 2.13. The molecule has 0 aliphatic heterocycles. The molecule has 1 heterocycles. The van der Waals surface area contributed by atoms with E-state index >= 15 is 0 Å². The van der Waals surface area contributed by atoms with Gasteiger partial charge in [0.2, 0.25) is 0 Å². The Morgan fingerprint density at radius 1 is 1.56 bits per heavy atom. The minimum Gasteiger partial charge on any atom is -0.388 e. The largest absolute Gasteiger partial charge is 0.388 e. The van der Waals surface area contributed by atoms with Crippen molar-refractivity contribution in [2.24, 2.45) is 7.05 Å². The van der Waals surface area contributed by atoms with E-state index in [1.54, 1.807) is 19.3 Å². The molecule has 0 aromatic carbocycles. The lowest BCUT2D eigenvalue weighted by Gasteiger charge is -2.25. The van der Waals surface area contributed by atoms with Gasteiger partial charge in [0.15, 0.2) is 0 Å². The third kappa shape index (κ3) is 2.82. The lowest BCUT2D eigenvalue weighted by molar-refractivity contribution is 0.0312. The van der Waals surface area contributed by atoms with Gasteiger partial charge in [-0.3, -0.25) is 9.48 Å². The monoisotopic (exact) mass is 225 g/mol. The second kappa shape index (κ2) is 5.12. The first kappa shape index (κ1) is 12.7. The molecule has 0 aliphatic rings. The zero-order chi connectivity index (χ0) is 12.2. The van der Waals surface area contributed by atoms with Crippen LogP contribution in [0.25, 0.3) is 0 Å². The van der Waals surface area contributed by atoms with E-state index in [4.69, 9.17) is 0 Å². The van der Waals surface area contributed by atoms with E-state index in [0.29, 0.717) is 18.5 Å². The summed E-state index contributed by atoms with van der Waals surface area (Å²) in [5.41, 5.74) is -0.316. The molecule has 0 unspecified atom stereocenters. The van der Waals surface area contributed by atoms with Gasteiger partial charge in [-0.05, 0) is 18.9 Å². The van der Waals surface area contributed by atoms with Gasteiger partial charge in [-0.25, -0.2) is 0 Å². The molecule has 1 rings (SSSR count). The molecule has 0 saturated carbocycles. The molecule has 2 N–H and O–H groups in total. The number of aromatic nitrogens is 2. The van der Waals surface area contributed by atoms with Crippen LogP contribution in [0.1, 0.15) is 37.2 Å². The first-order chi connectivity index (χ1) is 7.52. The Balaban J connectivity index is 2.57. The number of aliphatic hydroxyl groups is 1. The van der Waals surface area contributed by atoms with Gasteiger partial charge in [0.25, 0.3) is 5.91 Å². The van der Waals surface area contributed by atoms with E-state index in [-0.39, 0.29) is 12.5 Å². The normalized spacial score (nSPS) is 11.5. The first-order valence-electron chi connectivity index (χ1n) is 5.51. The molecule has 0 atom stereocenters. The Morgan fingerprint density at radius 2 is 2.19 bits per heavy atom. The summed E-state index contributed by atoms with van der Waals surface area (Å²) in [4.78, 5) is 11.7. The van der Waals surface area contributed by atoms with Crippen molar-refractivity contribution in [2.45, 2.75) is 32.3 Å². The summed E-state index contributed by atoms with van der Waals surface area (Å²) in [5.74, 6) is -0.208. The average molecular weight is 225 g/mol. The fraction of sp³-hybridized carbons (Fsp3) is 0.636. The highest BCUT2D eigenvalue weighted by atomic mass is 16.3. The molecule has 1 aromatic rings. The van der Waals surface area contributed by atoms with Crippen molar-refractivity contribution in [1.29, 1.82) is 0 Å². The molecule has 0 saturated heterocycles. The molecule has 0 aliphatic carbocycles. The molecule has 0 radical (unpaired) electrons. The second-order valence-electron chi connectivity index (χ2n) is 3.95. The number of amides is 1. The summed E-state index contributed by atoms with van der Waals surface area (Å²) in [6, 6.07) is 1.65. The maximum Gasteiger partial charge on any atom is 0.269 e. The van der Waals surface area contributed by atoms with Crippen LogP contribution >= 0.6 is 0 Å².